The zero-order chi connectivity index (χ0) is 37.4. The average molecular weight is 705 g/mol. The molecule has 1 aliphatic carbocycles. The Hall–Kier alpha value is -6.53. The number of para-hydroxylation sites is 2. The van der Waals surface area contributed by atoms with Gasteiger partial charge in [0, 0.05) is 33.6 Å². The van der Waals surface area contributed by atoms with Gasteiger partial charge in [-0.2, -0.15) is 9.97 Å². The van der Waals surface area contributed by atoms with Crippen LogP contribution in [-0.4, -0.2) is 62.1 Å². The second kappa shape index (κ2) is 12.8. The van der Waals surface area contributed by atoms with Crippen molar-refractivity contribution in [1.29, 1.82) is 0 Å². The van der Waals surface area contributed by atoms with E-state index >= 15 is 0 Å². The van der Waals surface area contributed by atoms with Crippen molar-refractivity contribution in [3.63, 3.8) is 0 Å². The third-order valence-corrected chi connectivity index (χ3v) is 11.8. The number of allylic oxidation sites excluding steroid dienone is 2. The first-order chi connectivity index (χ1) is 26.9. The Kier molecular flexibility index (Phi) is 7.70. The van der Waals surface area contributed by atoms with E-state index < -0.39 is 0 Å². The number of rotatable bonds is 5. The van der Waals surface area contributed by atoms with Gasteiger partial charge in [0.1, 0.15) is 37.1 Å². The first kappa shape index (κ1) is 33.1. The average Bonchev–Trinajstić information content (AvgIpc) is 3.74. The van der Waals surface area contributed by atoms with Crippen LogP contribution in [0.5, 0.6) is 5.75 Å². The number of hydrogen-bond acceptors (Lipinski definition) is 5. The van der Waals surface area contributed by atoms with E-state index in [0.717, 1.165) is 60.3 Å². The molecule has 3 heterocycles. The number of anilines is 2. The number of aromatic hydroxyl groups is 1. The molecule has 10 heteroatoms. The van der Waals surface area contributed by atoms with E-state index in [2.05, 4.69) is 159 Å². The molecule has 6 aromatic carbocycles. The van der Waals surface area contributed by atoms with E-state index in [1.807, 2.05) is 27.8 Å². The predicted octanol–water partition coefficient (Wildman–Crippen LogP) is 3.44. The zero-order valence-electron chi connectivity index (χ0n) is 31.2. The van der Waals surface area contributed by atoms with E-state index in [9.17, 15) is 5.11 Å². The van der Waals surface area contributed by atoms with Crippen molar-refractivity contribution < 1.29 is 5.11 Å². The maximum atomic E-state index is 11.8. The van der Waals surface area contributed by atoms with Gasteiger partial charge in [-0.05, 0) is 53.1 Å². The van der Waals surface area contributed by atoms with Crippen molar-refractivity contribution in [3.05, 3.63) is 151 Å². The number of fused-ring (bicyclic) bond motifs is 6. The molecule has 2 atom stereocenters. The van der Waals surface area contributed by atoms with Crippen LogP contribution < -0.4 is 26.8 Å². The monoisotopic (exact) mass is 705 g/mol. The van der Waals surface area contributed by atoms with Gasteiger partial charge in [-0.1, -0.05) is 126 Å². The van der Waals surface area contributed by atoms with Crippen molar-refractivity contribution in [2.75, 3.05) is 4.90 Å². The molecule has 0 spiro atoms. The van der Waals surface area contributed by atoms with Crippen molar-refractivity contribution >= 4 is 86.4 Å². The topological polar surface area (TPSA) is 67.1 Å². The van der Waals surface area contributed by atoms with Gasteiger partial charge in [0.15, 0.2) is 11.6 Å². The summed E-state index contributed by atoms with van der Waals surface area (Å²) in [7, 11) is 8.15. The van der Waals surface area contributed by atoms with Gasteiger partial charge < -0.3 is 10.0 Å². The highest BCUT2D eigenvalue weighted by Gasteiger charge is 2.38. The van der Waals surface area contributed by atoms with Crippen LogP contribution >= 0.6 is 0 Å². The number of aromatic nitrogens is 4. The first-order valence-electron chi connectivity index (χ1n) is 18.9. The third kappa shape index (κ3) is 5.19. The van der Waals surface area contributed by atoms with Crippen molar-refractivity contribution in [2.24, 2.45) is 0 Å². The third-order valence-electron chi connectivity index (χ3n) is 11.8. The van der Waals surface area contributed by atoms with Crippen LogP contribution in [0.3, 0.4) is 0 Å². The minimum absolute atomic E-state index is 0.167. The van der Waals surface area contributed by atoms with Crippen LogP contribution in [0, 0.1) is 0 Å². The molecule has 2 unspecified atom stereocenters. The molecule has 0 amide bonds. The molecule has 2 aromatic heterocycles. The Morgan fingerprint density at radius 1 is 0.545 bits per heavy atom. The quantitative estimate of drug-likeness (QED) is 0.279. The normalized spacial score (nSPS) is 15.8. The SMILES string of the molecule is Bc1c(B)c(B)c(-c2nc(-c3cccc(-c4ccccc4)c3)nc(-n3c4ccccc4c4cc5c(cc43)C3C=CC=CC3N5c3ccccc3)n2)c(O)c1B. The van der Waals surface area contributed by atoms with Gasteiger partial charge in [0.25, 0.3) is 0 Å². The van der Waals surface area contributed by atoms with Crippen molar-refractivity contribution in [1.82, 2.24) is 19.5 Å². The lowest BCUT2D eigenvalue weighted by molar-refractivity contribution is 0.482. The lowest BCUT2D eigenvalue weighted by Crippen LogP contribution is -2.48. The van der Waals surface area contributed by atoms with E-state index in [1.54, 1.807) is 0 Å². The first-order valence-corrected chi connectivity index (χ1v) is 18.9. The number of hydrogen-bond donors (Lipinski definition) is 1. The molecular formula is C45H35B4N5O. The number of benzene rings is 6. The maximum Gasteiger partial charge on any atom is 0.238 e. The summed E-state index contributed by atoms with van der Waals surface area (Å²) in [5.74, 6) is 1.86. The lowest BCUT2D eigenvalue weighted by Gasteiger charge is -2.28. The molecular weight excluding hydrogens is 670 g/mol. The molecule has 1 aliphatic heterocycles. The van der Waals surface area contributed by atoms with E-state index in [1.165, 1.54) is 16.9 Å². The van der Waals surface area contributed by atoms with Gasteiger partial charge in [-0.25, -0.2) is 4.98 Å². The van der Waals surface area contributed by atoms with Gasteiger partial charge in [0.05, 0.1) is 22.6 Å². The summed E-state index contributed by atoms with van der Waals surface area (Å²) in [5, 5.41) is 14.0. The Balaban J connectivity index is 1.26. The molecule has 10 rings (SSSR count). The number of nitrogens with zero attached hydrogens (tertiary/aromatic N) is 5. The fraction of sp³-hybridized carbons (Fsp3) is 0.0444. The molecule has 0 bridgehead atoms. The molecule has 0 saturated heterocycles. The van der Waals surface area contributed by atoms with Crippen LogP contribution in [0.25, 0.3) is 61.7 Å². The summed E-state index contributed by atoms with van der Waals surface area (Å²) >= 11 is 0. The molecule has 1 N–H and O–H groups in total. The molecule has 0 radical (unpaired) electrons. The van der Waals surface area contributed by atoms with Crippen molar-refractivity contribution in [3.8, 4) is 45.6 Å². The number of phenolic OH excluding ortho intramolecular Hbond substituents is 1. The Morgan fingerprint density at radius 3 is 2.04 bits per heavy atom. The fourth-order valence-electron chi connectivity index (χ4n) is 8.64. The van der Waals surface area contributed by atoms with Crippen LogP contribution in [0.15, 0.2) is 146 Å². The summed E-state index contributed by atoms with van der Waals surface area (Å²) in [6, 6.07) is 42.7. The van der Waals surface area contributed by atoms with E-state index in [4.69, 9.17) is 15.0 Å². The molecule has 6 nitrogen and oxygen atoms in total. The van der Waals surface area contributed by atoms with Crippen LogP contribution in [0.1, 0.15) is 11.5 Å². The highest BCUT2D eigenvalue weighted by Crippen LogP contribution is 2.50. The summed E-state index contributed by atoms with van der Waals surface area (Å²) in [6.07, 6.45) is 8.94. The predicted molar refractivity (Wildman–Crippen MR) is 238 cm³/mol. The minimum Gasteiger partial charge on any atom is -0.508 e. The summed E-state index contributed by atoms with van der Waals surface area (Å²) in [4.78, 5) is 18.2. The molecule has 258 valence electrons. The van der Waals surface area contributed by atoms with Gasteiger partial charge >= 0.3 is 0 Å². The van der Waals surface area contributed by atoms with Crippen LogP contribution in [-0.2, 0) is 0 Å². The highest BCUT2D eigenvalue weighted by atomic mass is 16.3. The second-order valence-corrected chi connectivity index (χ2v) is 14.7. The minimum atomic E-state index is 0.167. The van der Waals surface area contributed by atoms with Gasteiger partial charge in [-0.3, -0.25) is 4.57 Å². The molecule has 55 heavy (non-hydrogen) atoms. The summed E-state index contributed by atoms with van der Waals surface area (Å²) in [5.41, 5.74) is 13.3. The Morgan fingerprint density at radius 2 is 1.22 bits per heavy atom. The standard InChI is InChI=1S/C45H35B4N5O/c46-38-37(42(55)41(49)40(48)39(38)47)44-50-43(27-15-11-14-26(22-27)25-12-3-1-4-13-25)51-45(52-44)54-34-21-10-8-19-30(34)32-23-35-31(24-36(32)54)29-18-7-9-20-33(29)53(35)28-16-5-2-6-17-28/h1-24,29,33,55H,46-49H2. The van der Waals surface area contributed by atoms with E-state index in [0.29, 0.717) is 23.2 Å². The Labute approximate surface area is 323 Å². The Bertz CT molecular complexity index is 2880. The number of phenols is 1. The van der Waals surface area contributed by atoms with Gasteiger partial charge in [0.2, 0.25) is 5.95 Å². The second-order valence-electron chi connectivity index (χ2n) is 14.7. The summed E-state index contributed by atoms with van der Waals surface area (Å²) in [6.45, 7) is 0. The summed E-state index contributed by atoms with van der Waals surface area (Å²) < 4.78 is 2.18. The molecule has 0 fully saturated rings. The molecule has 8 aromatic rings. The molecule has 2 aliphatic rings. The fourth-order valence-corrected chi connectivity index (χ4v) is 8.64. The zero-order valence-corrected chi connectivity index (χ0v) is 31.2. The molecule has 0 saturated carbocycles. The smallest absolute Gasteiger partial charge is 0.238 e. The lowest BCUT2D eigenvalue weighted by atomic mass is 9.65. The van der Waals surface area contributed by atoms with Crippen LogP contribution in [0.2, 0.25) is 0 Å². The highest BCUT2D eigenvalue weighted by molar-refractivity contribution is 6.64. The van der Waals surface area contributed by atoms with Gasteiger partial charge in [-0.15, -0.1) is 5.46 Å². The van der Waals surface area contributed by atoms with E-state index in [-0.39, 0.29) is 17.7 Å². The largest absolute Gasteiger partial charge is 0.508 e. The van der Waals surface area contributed by atoms with Crippen LogP contribution in [0.4, 0.5) is 11.4 Å². The maximum absolute atomic E-state index is 11.8. The van der Waals surface area contributed by atoms with Crippen molar-refractivity contribution in [2.45, 2.75) is 12.0 Å².